The highest BCUT2D eigenvalue weighted by atomic mass is 35.5. The largest absolute Gasteiger partial charge is 0.396 e. The van der Waals surface area contributed by atoms with Gasteiger partial charge in [0.25, 0.3) is 5.91 Å². The summed E-state index contributed by atoms with van der Waals surface area (Å²) in [4.78, 5) is 49.1. The molecule has 3 heterocycles. The molecule has 0 radical (unpaired) electrons. The van der Waals surface area contributed by atoms with Gasteiger partial charge in [0.2, 0.25) is 11.8 Å². The summed E-state index contributed by atoms with van der Waals surface area (Å²) >= 11 is 8.29. The van der Waals surface area contributed by atoms with Gasteiger partial charge in [-0.15, -0.1) is 24.9 Å². The maximum absolute atomic E-state index is 14.9. The maximum atomic E-state index is 14.9. The predicted molar refractivity (Wildman–Crippen MR) is 179 cm³/mol. The summed E-state index contributed by atoms with van der Waals surface area (Å²) in [5.41, 5.74) is 1.34. The SMILES string of the molecule is C=CCN(C(=O)[C@@H]1[C@@H]2CC(C)C3(S2)C(C(=O)N(CC=C)c2ccccc2Cl)N(CCCCCCO)C(=O)[C@H]13)c1ccccc1. The molecule has 44 heavy (non-hydrogen) atoms. The smallest absolute Gasteiger partial charge is 0.251 e. The Balaban J connectivity index is 1.56. The topological polar surface area (TPSA) is 81.2 Å². The number of para-hydroxylation sites is 2. The third-order valence-electron chi connectivity index (χ3n) is 9.44. The number of aliphatic hydroxyl groups excluding tert-OH is 1. The first-order valence-corrected chi connectivity index (χ1v) is 16.8. The zero-order valence-corrected chi connectivity index (χ0v) is 26.9. The highest BCUT2D eigenvalue weighted by molar-refractivity contribution is 8.02. The van der Waals surface area contributed by atoms with Gasteiger partial charge in [-0.2, -0.15) is 0 Å². The fourth-order valence-electron chi connectivity index (χ4n) is 7.56. The Morgan fingerprint density at radius 2 is 1.66 bits per heavy atom. The van der Waals surface area contributed by atoms with Gasteiger partial charge < -0.3 is 19.8 Å². The van der Waals surface area contributed by atoms with Crippen LogP contribution in [-0.4, -0.2) is 70.0 Å². The van der Waals surface area contributed by atoms with Crippen LogP contribution in [-0.2, 0) is 14.4 Å². The first-order valence-electron chi connectivity index (χ1n) is 15.5. The number of benzene rings is 2. The number of carbonyl (C=O) groups is 3. The van der Waals surface area contributed by atoms with Crippen LogP contribution in [0.4, 0.5) is 11.4 Å². The van der Waals surface area contributed by atoms with Crippen molar-refractivity contribution >= 4 is 52.5 Å². The van der Waals surface area contributed by atoms with Gasteiger partial charge in [0.1, 0.15) is 6.04 Å². The molecule has 3 aliphatic rings. The van der Waals surface area contributed by atoms with Gasteiger partial charge in [-0.25, -0.2) is 0 Å². The van der Waals surface area contributed by atoms with E-state index in [1.165, 1.54) is 0 Å². The van der Waals surface area contributed by atoms with Crippen LogP contribution >= 0.6 is 23.4 Å². The van der Waals surface area contributed by atoms with Crippen LogP contribution in [0, 0.1) is 17.8 Å². The van der Waals surface area contributed by atoms with E-state index in [4.69, 9.17) is 11.6 Å². The Bertz CT molecular complexity index is 1390. The molecule has 3 unspecified atom stereocenters. The molecule has 3 amide bonds. The van der Waals surface area contributed by atoms with E-state index in [1.807, 2.05) is 48.5 Å². The number of hydrogen-bond donors (Lipinski definition) is 1. The molecule has 2 bridgehead atoms. The van der Waals surface area contributed by atoms with Gasteiger partial charge in [-0.05, 0) is 49.4 Å². The number of hydrogen-bond acceptors (Lipinski definition) is 5. The standard InChI is InChI=1S/C35H42ClN3O4S/c1-4-19-37(25-15-9-8-10-16-25)32(41)29-28-23-24(3)35(44-28)30(29)33(42)39(21-13-6-7-14-22-40)31(35)34(43)38(20-5-2)27-18-12-11-17-26(27)36/h4-5,8-12,15-18,24,28-31,40H,1-2,6-7,13-14,19-23H2,3H3/t24?,28-,29+,30-,31?,35?/m0/s1. The molecule has 0 aromatic heterocycles. The molecule has 7 nitrogen and oxygen atoms in total. The van der Waals surface area contributed by atoms with Gasteiger partial charge in [0.05, 0.1) is 27.3 Å². The lowest BCUT2D eigenvalue weighted by Gasteiger charge is -2.41. The Hall–Kier alpha value is -3.07. The van der Waals surface area contributed by atoms with Crippen molar-refractivity contribution in [2.24, 2.45) is 17.8 Å². The molecule has 5 rings (SSSR count). The van der Waals surface area contributed by atoms with E-state index in [2.05, 4.69) is 20.1 Å². The molecule has 0 aliphatic carbocycles. The Morgan fingerprint density at radius 1 is 1.00 bits per heavy atom. The van der Waals surface area contributed by atoms with E-state index < -0.39 is 22.6 Å². The zero-order chi connectivity index (χ0) is 31.4. The number of aliphatic hydroxyl groups is 1. The van der Waals surface area contributed by atoms with Crippen molar-refractivity contribution in [2.75, 3.05) is 36.0 Å². The van der Waals surface area contributed by atoms with Crippen LogP contribution in [0.15, 0.2) is 79.9 Å². The van der Waals surface area contributed by atoms with Crippen molar-refractivity contribution < 1.29 is 19.5 Å². The average Bonchev–Trinajstić information content (AvgIpc) is 3.62. The van der Waals surface area contributed by atoms with Crippen molar-refractivity contribution in [3.05, 3.63) is 84.9 Å². The molecule has 3 aliphatic heterocycles. The number of fused-ring (bicyclic) bond motifs is 1. The van der Waals surface area contributed by atoms with Crippen LogP contribution in [0.1, 0.15) is 39.0 Å². The lowest BCUT2D eigenvalue weighted by Crippen LogP contribution is -2.57. The number of nitrogens with zero attached hydrogens (tertiary/aromatic N) is 3. The number of likely N-dealkylation sites (tertiary alicyclic amines) is 1. The van der Waals surface area contributed by atoms with Crippen LogP contribution in [0.5, 0.6) is 0 Å². The number of anilines is 2. The minimum absolute atomic E-state index is 0.0465. The Kier molecular flexibility index (Phi) is 10.2. The van der Waals surface area contributed by atoms with Crippen molar-refractivity contribution in [3.63, 3.8) is 0 Å². The van der Waals surface area contributed by atoms with E-state index in [9.17, 15) is 19.5 Å². The summed E-state index contributed by atoms with van der Waals surface area (Å²) in [7, 11) is 0. The fourth-order valence-corrected chi connectivity index (χ4v) is 10.2. The van der Waals surface area contributed by atoms with Crippen LogP contribution < -0.4 is 9.80 Å². The van der Waals surface area contributed by atoms with Crippen LogP contribution in [0.3, 0.4) is 0 Å². The minimum atomic E-state index is -0.749. The highest BCUT2D eigenvalue weighted by Gasteiger charge is 2.76. The lowest BCUT2D eigenvalue weighted by atomic mass is 9.65. The first kappa shape index (κ1) is 32.3. The number of halogens is 1. The molecular formula is C35H42ClN3O4S. The van der Waals surface area contributed by atoms with Crippen molar-refractivity contribution in [2.45, 2.75) is 55.1 Å². The summed E-state index contributed by atoms with van der Waals surface area (Å²) < 4.78 is -0.749. The Morgan fingerprint density at radius 3 is 2.34 bits per heavy atom. The van der Waals surface area contributed by atoms with Gasteiger partial charge in [0.15, 0.2) is 0 Å². The maximum Gasteiger partial charge on any atom is 0.251 e. The lowest BCUT2D eigenvalue weighted by molar-refractivity contribution is -0.139. The van der Waals surface area contributed by atoms with Gasteiger partial charge >= 0.3 is 0 Å². The second-order valence-electron chi connectivity index (χ2n) is 12.0. The monoisotopic (exact) mass is 635 g/mol. The number of unbranched alkanes of at least 4 members (excludes halogenated alkanes) is 3. The number of carbonyl (C=O) groups excluding carboxylic acids is 3. The fraction of sp³-hybridized carbons (Fsp3) is 0.457. The molecule has 0 saturated carbocycles. The molecule has 3 fully saturated rings. The van der Waals surface area contributed by atoms with E-state index >= 15 is 0 Å². The van der Waals surface area contributed by atoms with E-state index in [1.54, 1.807) is 44.7 Å². The molecule has 2 aromatic carbocycles. The molecule has 6 atom stereocenters. The summed E-state index contributed by atoms with van der Waals surface area (Å²) in [5, 5.41) is 9.63. The second-order valence-corrected chi connectivity index (χ2v) is 13.9. The highest BCUT2D eigenvalue weighted by Crippen LogP contribution is 2.69. The molecule has 234 valence electrons. The molecule has 1 spiro atoms. The molecule has 2 aromatic rings. The van der Waals surface area contributed by atoms with Gasteiger partial charge in [0, 0.05) is 37.2 Å². The molecule has 1 N–H and O–H groups in total. The number of thioether (sulfide) groups is 1. The normalized spacial score (nSPS) is 26.8. The van der Waals surface area contributed by atoms with Crippen molar-refractivity contribution in [1.29, 1.82) is 0 Å². The first-order chi connectivity index (χ1) is 21.3. The van der Waals surface area contributed by atoms with Crippen LogP contribution in [0.2, 0.25) is 5.02 Å². The van der Waals surface area contributed by atoms with E-state index in [0.717, 1.165) is 24.9 Å². The van der Waals surface area contributed by atoms with Crippen molar-refractivity contribution in [1.82, 2.24) is 4.90 Å². The van der Waals surface area contributed by atoms with Crippen LogP contribution in [0.25, 0.3) is 0 Å². The Labute approximate surface area is 269 Å². The third kappa shape index (κ3) is 5.61. The summed E-state index contributed by atoms with van der Waals surface area (Å²) in [6, 6.07) is 16.0. The molecule has 3 saturated heterocycles. The quantitative estimate of drug-likeness (QED) is 0.204. The predicted octanol–water partition coefficient (Wildman–Crippen LogP) is 5.97. The number of amides is 3. The molecule has 9 heteroatoms. The minimum Gasteiger partial charge on any atom is -0.396 e. The summed E-state index contributed by atoms with van der Waals surface area (Å²) in [6.07, 6.45) is 7.22. The summed E-state index contributed by atoms with van der Waals surface area (Å²) in [5.74, 6) is -1.52. The van der Waals surface area contributed by atoms with Crippen molar-refractivity contribution in [3.8, 4) is 0 Å². The summed E-state index contributed by atoms with van der Waals surface area (Å²) in [6.45, 7) is 11.0. The van der Waals surface area contributed by atoms with E-state index in [-0.39, 0.29) is 42.0 Å². The van der Waals surface area contributed by atoms with Gasteiger partial charge in [-0.1, -0.05) is 73.9 Å². The second kappa shape index (κ2) is 13.9. The van der Waals surface area contributed by atoms with Gasteiger partial charge in [-0.3, -0.25) is 14.4 Å². The zero-order valence-electron chi connectivity index (χ0n) is 25.3. The van der Waals surface area contributed by atoms with E-state index in [0.29, 0.717) is 36.6 Å². The average molecular weight is 636 g/mol. The third-order valence-corrected chi connectivity index (χ3v) is 11.8. The number of rotatable bonds is 14. The molecular weight excluding hydrogens is 594 g/mol.